The summed E-state index contributed by atoms with van der Waals surface area (Å²) in [5, 5.41) is 1.89. The second-order valence-electron chi connectivity index (χ2n) is 4.02. The number of amidine groups is 1. The van der Waals surface area contributed by atoms with Crippen molar-refractivity contribution in [1.82, 2.24) is 9.88 Å². The molecule has 3 rings (SSSR count). The first-order valence-corrected chi connectivity index (χ1v) is 6.11. The minimum Gasteiger partial charge on any atom is -0.348 e. The van der Waals surface area contributed by atoms with Crippen LogP contribution in [0.1, 0.15) is 18.7 Å². The Morgan fingerprint density at radius 2 is 2.33 bits per heavy atom. The van der Waals surface area contributed by atoms with Gasteiger partial charge in [-0.05, 0) is 12.1 Å². The van der Waals surface area contributed by atoms with Crippen LogP contribution < -0.4 is 0 Å². The number of fused-ring (bicyclic) bond motifs is 1. The Morgan fingerprint density at radius 3 is 3.07 bits per heavy atom. The molecule has 0 bridgehead atoms. The Hall–Kier alpha value is -1.03. The van der Waals surface area contributed by atoms with Crippen molar-refractivity contribution in [3.8, 4) is 0 Å². The third-order valence-corrected chi connectivity index (χ3v) is 3.87. The van der Waals surface area contributed by atoms with Gasteiger partial charge in [-0.2, -0.15) is 0 Å². The topological polar surface area (TPSA) is 28.5 Å². The number of pyridine rings is 1. The maximum atomic E-state index is 4.71. The minimum absolute atomic E-state index is 0.251. The van der Waals surface area contributed by atoms with Crippen molar-refractivity contribution in [3.05, 3.63) is 30.1 Å². The van der Waals surface area contributed by atoms with Crippen molar-refractivity contribution in [1.29, 1.82) is 0 Å². The number of nitrogens with zero attached hydrogens (tertiary/aromatic N) is 3. The van der Waals surface area contributed by atoms with Gasteiger partial charge < -0.3 is 4.90 Å². The molecule has 0 aliphatic carbocycles. The highest BCUT2D eigenvalue weighted by Gasteiger charge is 2.34. The van der Waals surface area contributed by atoms with E-state index in [4.69, 9.17) is 4.99 Å². The Kier molecular flexibility index (Phi) is 2.16. The van der Waals surface area contributed by atoms with Crippen molar-refractivity contribution in [2.24, 2.45) is 4.99 Å². The second kappa shape index (κ2) is 3.52. The van der Waals surface area contributed by atoms with E-state index in [-0.39, 0.29) is 6.04 Å². The maximum absolute atomic E-state index is 4.71. The van der Waals surface area contributed by atoms with Crippen molar-refractivity contribution in [3.63, 3.8) is 0 Å². The molecule has 3 heterocycles. The predicted molar refractivity (Wildman–Crippen MR) is 63.0 cm³/mol. The Balaban J connectivity index is 1.83. The first-order chi connectivity index (χ1) is 7.33. The molecular weight excluding hydrogens is 206 g/mol. The van der Waals surface area contributed by atoms with Crippen LogP contribution in [0.2, 0.25) is 0 Å². The van der Waals surface area contributed by atoms with Gasteiger partial charge in [0.15, 0.2) is 5.17 Å². The maximum Gasteiger partial charge on any atom is 0.160 e. The molecule has 0 radical (unpaired) electrons. The summed E-state index contributed by atoms with van der Waals surface area (Å²) in [6.45, 7) is 4.39. The number of rotatable bonds is 1. The van der Waals surface area contributed by atoms with Crippen LogP contribution in [-0.2, 0) is 0 Å². The molecule has 1 fully saturated rings. The third-order valence-electron chi connectivity index (χ3n) is 2.74. The lowest BCUT2D eigenvalue weighted by Gasteiger charge is -2.12. The lowest BCUT2D eigenvalue weighted by Crippen LogP contribution is -2.23. The largest absolute Gasteiger partial charge is 0.348 e. The molecule has 78 valence electrons. The van der Waals surface area contributed by atoms with Crippen molar-refractivity contribution < 1.29 is 0 Å². The fourth-order valence-corrected chi connectivity index (χ4v) is 3.16. The molecule has 2 unspecified atom stereocenters. The van der Waals surface area contributed by atoms with E-state index in [1.165, 1.54) is 5.17 Å². The van der Waals surface area contributed by atoms with Gasteiger partial charge in [0.25, 0.3) is 0 Å². The molecule has 0 saturated carbocycles. The number of aromatic nitrogens is 1. The predicted octanol–water partition coefficient (Wildman–Crippen LogP) is 1.93. The molecule has 0 spiro atoms. The fourth-order valence-electron chi connectivity index (χ4n) is 2.06. The highest BCUT2D eigenvalue weighted by Crippen LogP contribution is 2.34. The summed E-state index contributed by atoms with van der Waals surface area (Å²) in [7, 11) is 0. The van der Waals surface area contributed by atoms with Gasteiger partial charge in [-0.3, -0.25) is 9.98 Å². The van der Waals surface area contributed by atoms with E-state index in [1.54, 1.807) is 0 Å². The lowest BCUT2D eigenvalue weighted by molar-refractivity contribution is 0.442. The summed E-state index contributed by atoms with van der Waals surface area (Å²) in [4.78, 5) is 11.4. The normalized spacial score (nSPS) is 29.1. The summed E-state index contributed by atoms with van der Waals surface area (Å²) in [5.74, 6) is 0. The molecule has 1 saturated heterocycles. The summed E-state index contributed by atoms with van der Waals surface area (Å²) < 4.78 is 0. The van der Waals surface area contributed by atoms with Crippen LogP contribution in [0.25, 0.3) is 0 Å². The molecule has 4 heteroatoms. The average Bonchev–Trinajstić information content (AvgIpc) is 2.76. The Labute approximate surface area is 93.6 Å². The first kappa shape index (κ1) is 9.21. The summed E-state index contributed by atoms with van der Waals surface area (Å²) in [5.41, 5.74) is 1.09. The lowest BCUT2D eigenvalue weighted by atomic mass is 10.2. The van der Waals surface area contributed by atoms with Gasteiger partial charge >= 0.3 is 0 Å². The van der Waals surface area contributed by atoms with Crippen LogP contribution in [0.3, 0.4) is 0 Å². The van der Waals surface area contributed by atoms with Crippen molar-refractivity contribution >= 4 is 16.9 Å². The molecule has 1 aromatic rings. The van der Waals surface area contributed by atoms with Gasteiger partial charge in [-0.25, -0.2) is 0 Å². The summed E-state index contributed by atoms with van der Waals surface area (Å²) in [6, 6.07) is 6.29. The van der Waals surface area contributed by atoms with Gasteiger partial charge in [0.1, 0.15) is 6.04 Å². The van der Waals surface area contributed by atoms with E-state index in [0.29, 0.717) is 5.25 Å². The number of hydrogen-bond acceptors (Lipinski definition) is 4. The smallest absolute Gasteiger partial charge is 0.160 e. The van der Waals surface area contributed by atoms with E-state index in [9.17, 15) is 0 Å². The Bertz CT molecular complexity index is 390. The zero-order chi connectivity index (χ0) is 10.3. The van der Waals surface area contributed by atoms with E-state index >= 15 is 0 Å². The number of thioether (sulfide) groups is 1. The molecule has 0 amide bonds. The van der Waals surface area contributed by atoms with Gasteiger partial charge in [0, 0.05) is 24.5 Å². The SMILES string of the molecule is CC1CN2CC(c3ccccn3)N=C2S1. The highest BCUT2D eigenvalue weighted by atomic mass is 32.2. The summed E-state index contributed by atoms with van der Waals surface area (Å²) >= 11 is 1.88. The van der Waals surface area contributed by atoms with Crippen LogP contribution in [0, 0.1) is 0 Å². The van der Waals surface area contributed by atoms with Gasteiger partial charge in [-0.1, -0.05) is 24.8 Å². The standard InChI is InChI=1S/C11H13N3S/c1-8-6-14-7-10(13-11(14)15-8)9-4-2-3-5-12-9/h2-5,8,10H,6-7H2,1H3. The van der Waals surface area contributed by atoms with Gasteiger partial charge in [0.2, 0.25) is 0 Å². The van der Waals surface area contributed by atoms with Gasteiger partial charge in [0.05, 0.1) is 5.69 Å². The second-order valence-corrected chi connectivity index (χ2v) is 5.42. The van der Waals surface area contributed by atoms with Crippen LogP contribution in [-0.4, -0.2) is 33.4 Å². The fraction of sp³-hybridized carbons (Fsp3) is 0.455. The molecule has 2 aliphatic rings. The van der Waals surface area contributed by atoms with E-state index in [1.807, 2.05) is 30.1 Å². The monoisotopic (exact) mass is 219 g/mol. The number of aliphatic imine (C=N–C) groups is 1. The zero-order valence-corrected chi connectivity index (χ0v) is 9.44. The van der Waals surface area contributed by atoms with Crippen LogP contribution >= 0.6 is 11.8 Å². The minimum atomic E-state index is 0.251. The quantitative estimate of drug-likeness (QED) is 0.722. The average molecular weight is 219 g/mol. The van der Waals surface area contributed by atoms with E-state index < -0.39 is 0 Å². The molecule has 15 heavy (non-hydrogen) atoms. The molecule has 2 aliphatic heterocycles. The molecule has 0 aromatic carbocycles. The third kappa shape index (κ3) is 1.63. The van der Waals surface area contributed by atoms with Crippen molar-refractivity contribution in [2.75, 3.05) is 13.1 Å². The number of hydrogen-bond donors (Lipinski definition) is 0. The molecular formula is C11H13N3S. The molecule has 1 aromatic heterocycles. The van der Waals surface area contributed by atoms with E-state index in [0.717, 1.165) is 18.8 Å². The molecule has 3 nitrogen and oxygen atoms in total. The van der Waals surface area contributed by atoms with Crippen LogP contribution in [0.15, 0.2) is 29.4 Å². The molecule has 2 atom stereocenters. The van der Waals surface area contributed by atoms with Crippen LogP contribution in [0.4, 0.5) is 0 Å². The molecule has 0 N–H and O–H groups in total. The summed E-state index contributed by atoms with van der Waals surface area (Å²) in [6.07, 6.45) is 1.84. The Morgan fingerprint density at radius 1 is 1.40 bits per heavy atom. The van der Waals surface area contributed by atoms with Crippen molar-refractivity contribution in [2.45, 2.75) is 18.2 Å². The highest BCUT2D eigenvalue weighted by molar-refractivity contribution is 8.14. The first-order valence-electron chi connectivity index (χ1n) is 5.23. The van der Waals surface area contributed by atoms with Crippen LogP contribution in [0.5, 0.6) is 0 Å². The zero-order valence-electron chi connectivity index (χ0n) is 8.63. The van der Waals surface area contributed by atoms with Gasteiger partial charge in [-0.15, -0.1) is 0 Å². The van der Waals surface area contributed by atoms with E-state index in [2.05, 4.69) is 22.9 Å².